The fraction of sp³-hybridized carbons (Fsp3) is 0.417. The number of benzene rings is 1. The minimum atomic E-state index is -0.493. The lowest BCUT2D eigenvalue weighted by Gasteiger charge is -2.15. The van der Waals surface area contributed by atoms with Gasteiger partial charge in [-0.05, 0) is 36.8 Å². The smallest absolute Gasteiger partial charge is 0.252 e. The van der Waals surface area contributed by atoms with Crippen LogP contribution >= 0.6 is 11.6 Å². The molecule has 17 heavy (non-hydrogen) atoms. The number of halogens is 1. The second-order valence-electron chi connectivity index (χ2n) is 3.68. The van der Waals surface area contributed by atoms with Gasteiger partial charge in [0.05, 0.1) is 6.61 Å². The Balaban J connectivity index is 2.41. The van der Waals surface area contributed by atoms with Crippen LogP contribution in [0.2, 0.25) is 0 Å². The molecule has 0 aliphatic carbocycles. The van der Waals surface area contributed by atoms with Crippen molar-refractivity contribution in [3.8, 4) is 5.75 Å². The number of hydrogen-bond acceptors (Lipinski definition) is 4. The van der Waals surface area contributed by atoms with E-state index >= 15 is 0 Å². The molecular weight excluding hydrogens is 242 g/mol. The van der Waals surface area contributed by atoms with Crippen LogP contribution in [0.1, 0.15) is 10.4 Å². The Hall–Kier alpha value is -1.10. The lowest BCUT2D eigenvalue weighted by atomic mass is 10.2. The van der Waals surface area contributed by atoms with Crippen LogP contribution in [0.15, 0.2) is 24.3 Å². The second kappa shape index (κ2) is 7.27. The second-order valence-corrected chi connectivity index (χ2v) is 4.02. The summed E-state index contributed by atoms with van der Waals surface area (Å²) in [5.41, 5.74) is 0.424. The van der Waals surface area contributed by atoms with E-state index < -0.39 is 5.24 Å². The van der Waals surface area contributed by atoms with E-state index in [9.17, 15) is 4.79 Å². The maximum atomic E-state index is 10.9. The molecule has 0 amide bonds. The molecule has 0 saturated carbocycles. The summed E-state index contributed by atoms with van der Waals surface area (Å²) in [7, 11) is 1.90. The van der Waals surface area contributed by atoms with E-state index in [1.54, 1.807) is 24.3 Å². The monoisotopic (exact) mass is 257 g/mol. The summed E-state index contributed by atoms with van der Waals surface area (Å²) < 4.78 is 5.48. The molecular formula is C12H16ClNO3. The molecule has 0 aliphatic heterocycles. The van der Waals surface area contributed by atoms with Gasteiger partial charge in [0.15, 0.2) is 0 Å². The molecule has 4 nitrogen and oxygen atoms in total. The zero-order chi connectivity index (χ0) is 12.7. The van der Waals surface area contributed by atoms with Gasteiger partial charge in [-0.2, -0.15) is 0 Å². The van der Waals surface area contributed by atoms with Gasteiger partial charge in [0.1, 0.15) is 12.4 Å². The molecule has 1 N–H and O–H groups in total. The van der Waals surface area contributed by atoms with Crippen LogP contribution in [-0.2, 0) is 0 Å². The van der Waals surface area contributed by atoms with E-state index in [0.717, 1.165) is 0 Å². The number of aliphatic hydroxyl groups excluding tert-OH is 1. The van der Waals surface area contributed by atoms with Gasteiger partial charge < -0.3 is 14.7 Å². The average molecular weight is 258 g/mol. The molecule has 0 heterocycles. The van der Waals surface area contributed by atoms with E-state index in [1.165, 1.54) is 0 Å². The van der Waals surface area contributed by atoms with Crippen molar-refractivity contribution >= 4 is 16.8 Å². The highest BCUT2D eigenvalue weighted by Crippen LogP contribution is 2.14. The SMILES string of the molecule is CN(CCO)CCOc1cccc(C(=O)Cl)c1. The zero-order valence-corrected chi connectivity index (χ0v) is 10.5. The fourth-order valence-corrected chi connectivity index (χ4v) is 1.43. The zero-order valence-electron chi connectivity index (χ0n) is 9.73. The first-order chi connectivity index (χ1) is 8.13. The molecule has 5 heteroatoms. The first-order valence-corrected chi connectivity index (χ1v) is 5.73. The molecule has 0 unspecified atom stereocenters. The summed E-state index contributed by atoms with van der Waals surface area (Å²) in [6.07, 6.45) is 0. The number of ether oxygens (including phenoxy) is 1. The van der Waals surface area contributed by atoms with Crippen LogP contribution in [0, 0.1) is 0 Å². The molecule has 0 saturated heterocycles. The Kier molecular flexibility index (Phi) is 5.97. The van der Waals surface area contributed by atoms with Crippen LogP contribution in [0.3, 0.4) is 0 Å². The summed E-state index contributed by atoms with van der Waals surface area (Å²) in [6.45, 7) is 1.95. The summed E-state index contributed by atoms with van der Waals surface area (Å²) in [6, 6.07) is 6.75. The van der Waals surface area contributed by atoms with Crippen molar-refractivity contribution in [2.24, 2.45) is 0 Å². The van der Waals surface area contributed by atoms with Crippen molar-refractivity contribution in [1.82, 2.24) is 4.90 Å². The van der Waals surface area contributed by atoms with E-state index in [2.05, 4.69) is 0 Å². The Morgan fingerprint density at radius 3 is 2.88 bits per heavy atom. The quantitative estimate of drug-likeness (QED) is 0.750. The van der Waals surface area contributed by atoms with Crippen molar-refractivity contribution in [2.45, 2.75) is 0 Å². The first-order valence-electron chi connectivity index (χ1n) is 5.35. The molecule has 0 atom stereocenters. The molecule has 0 bridgehead atoms. The first kappa shape index (κ1) is 14.0. The number of carbonyl (C=O) groups is 1. The molecule has 0 fully saturated rings. The van der Waals surface area contributed by atoms with Gasteiger partial charge in [0.2, 0.25) is 0 Å². The maximum absolute atomic E-state index is 10.9. The highest BCUT2D eigenvalue weighted by molar-refractivity contribution is 6.67. The van der Waals surface area contributed by atoms with E-state index in [-0.39, 0.29) is 6.61 Å². The highest BCUT2D eigenvalue weighted by atomic mass is 35.5. The van der Waals surface area contributed by atoms with Gasteiger partial charge in [-0.15, -0.1) is 0 Å². The maximum Gasteiger partial charge on any atom is 0.252 e. The van der Waals surface area contributed by atoms with Crippen LogP contribution in [0.5, 0.6) is 5.75 Å². The van der Waals surface area contributed by atoms with E-state index in [4.69, 9.17) is 21.4 Å². The van der Waals surface area contributed by atoms with Crippen molar-refractivity contribution in [1.29, 1.82) is 0 Å². The molecule has 0 radical (unpaired) electrons. The van der Waals surface area contributed by atoms with Crippen LogP contribution in [0.4, 0.5) is 0 Å². The average Bonchev–Trinajstić information content (AvgIpc) is 2.30. The topological polar surface area (TPSA) is 49.8 Å². The minimum absolute atomic E-state index is 0.132. The summed E-state index contributed by atoms with van der Waals surface area (Å²) in [4.78, 5) is 12.9. The predicted molar refractivity (Wildman–Crippen MR) is 66.7 cm³/mol. The van der Waals surface area contributed by atoms with Gasteiger partial charge in [-0.25, -0.2) is 0 Å². The highest BCUT2D eigenvalue weighted by Gasteiger charge is 2.03. The third kappa shape index (κ3) is 5.17. The minimum Gasteiger partial charge on any atom is -0.492 e. The van der Waals surface area contributed by atoms with E-state index in [1.807, 2.05) is 11.9 Å². The Labute approximate surface area is 106 Å². The van der Waals surface area contributed by atoms with Crippen LogP contribution in [-0.4, -0.2) is 48.6 Å². The number of rotatable bonds is 7. The van der Waals surface area contributed by atoms with Crippen molar-refractivity contribution in [2.75, 3.05) is 33.4 Å². The van der Waals surface area contributed by atoms with Crippen molar-refractivity contribution in [3.05, 3.63) is 29.8 Å². The molecule has 94 valence electrons. The molecule has 0 aromatic heterocycles. The fourth-order valence-electron chi connectivity index (χ4n) is 1.31. The van der Waals surface area contributed by atoms with Gasteiger partial charge in [-0.3, -0.25) is 4.79 Å². The van der Waals surface area contributed by atoms with Gasteiger partial charge in [0, 0.05) is 18.7 Å². The summed E-state index contributed by atoms with van der Waals surface area (Å²) in [5.74, 6) is 0.619. The Morgan fingerprint density at radius 2 is 2.24 bits per heavy atom. The third-order valence-electron chi connectivity index (χ3n) is 2.28. The summed E-state index contributed by atoms with van der Waals surface area (Å²) >= 11 is 5.37. The Bertz CT molecular complexity index is 371. The number of hydrogen-bond donors (Lipinski definition) is 1. The van der Waals surface area contributed by atoms with E-state index in [0.29, 0.717) is 31.0 Å². The van der Waals surface area contributed by atoms with Gasteiger partial charge in [0.25, 0.3) is 5.24 Å². The largest absolute Gasteiger partial charge is 0.492 e. The number of aliphatic hydroxyl groups is 1. The van der Waals surface area contributed by atoms with Crippen LogP contribution in [0.25, 0.3) is 0 Å². The van der Waals surface area contributed by atoms with Gasteiger partial charge in [-0.1, -0.05) is 6.07 Å². The number of carbonyl (C=O) groups excluding carboxylic acids is 1. The molecule has 1 aromatic carbocycles. The predicted octanol–water partition coefficient (Wildman–Crippen LogP) is 1.37. The van der Waals surface area contributed by atoms with Crippen molar-refractivity contribution < 1.29 is 14.6 Å². The Morgan fingerprint density at radius 1 is 1.47 bits per heavy atom. The molecule has 0 spiro atoms. The lowest BCUT2D eigenvalue weighted by molar-refractivity contribution is 0.108. The third-order valence-corrected chi connectivity index (χ3v) is 2.50. The van der Waals surface area contributed by atoms with Gasteiger partial charge >= 0.3 is 0 Å². The molecule has 0 aliphatic rings. The number of nitrogens with zero attached hydrogens (tertiary/aromatic N) is 1. The number of likely N-dealkylation sites (N-methyl/N-ethyl adjacent to an activating group) is 1. The lowest BCUT2D eigenvalue weighted by Crippen LogP contribution is -2.27. The molecule has 1 rings (SSSR count). The van der Waals surface area contributed by atoms with Crippen molar-refractivity contribution in [3.63, 3.8) is 0 Å². The standard InChI is InChI=1S/C12H16ClNO3/c1-14(5-7-15)6-8-17-11-4-2-3-10(9-11)12(13)16/h2-4,9,15H,5-8H2,1H3. The van der Waals surface area contributed by atoms with Crippen LogP contribution < -0.4 is 4.74 Å². The normalized spacial score (nSPS) is 10.6. The molecule has 1 aromatic rings. The summed E-state index contributed by atoms with van der Waals surface area (Å²) in [5, 5.41) is 8.22.